The molecule has 2 N–H and O–H groups in total. The van der Waals surface area contributed by atoms with E-state index in [1.54, 1.807) is 25.5 Å². The Morgan fingerprint density at radius 3 is 2.86 bits per heavy atom. The van der Waals surface area contributed by atoms with Crippen LogP contribution in [0.25, 0.3) is 21.5 Å². The van der Waals surface area contributed by atoms with Gasteiger partial charge in [0.05, 0.1) is 18.3 Å². The van der Waals surface area contributed by atoms with Crippen LogP contribution in [-0.2, 0) is 0 Å². The molecule has 0 aliphatic carbocycles. The molecule has 2 atom stereocenters. The Hall–Kier alpha value is -2.72. The van der Waals surface area contributed by atoms with Crippen LogP contribution in [0.4, 0.5) is 15.0 Å². The number of fused-ring (bicyclic) bond motifs is 1. The molecule has 0 aromatic carbocycles. The molecule has 1 fully saturated rings. The van der Waals surface area contributed by atoms with Gasteiger partial charge in [0.15, 0.2) is 0 Å². The summed E-state index contributed by atoms with van der Waals surface area (Å²) in [5.74, 6) is 0.399. The van der Waals surface area contributed by atoms with Crippen molar-refractivity contribution < 1.29 is 9.18 Å². The van der Waals surface area contributed by atoms with Crippen LogP contribution in [0.5, 0.6) is 0 Å². The quantitative estimate of drug-likeness (QED) is 0.700. The molecule has 3 aromatic rings. The van der Waals surface area contributed by atoms with Crippen LogP contribution < -0.4 is 10.6 Å². The lowest BCUT2D eigenvalue weighted by Gasteiger charge is -2.34. The lowest BCUT2D eigenvalue weighted by Crippen LogP contribution is -2.52. The number of carbonyl (C=O) groups is 1. The lowest BCUT2D eigenvalue weighted by atomic mass is 10.0. The Morgan fingerprint density at radius 1 is 1.29 bits per heavy atom. The molecule has 10 heteroatoms. The van der Waals surface area contributed by atoms with Crippen LogP contribution in [0.1, 0.15) is 11.4 Å². The van der Waals surface area contributed by atoms with E-state index in [4.69, 9.17) is 0 Å². The number of aromatic nitrogens is 4. The Balaban J connectivity index is 1.51. The number of nitrogens with one attached hydrogen (secondary N) is 2. The molecule has 1 saturated heterocycles. The second-order valence-electron chi connectivity index (χ2n) is 6.69. The first-order chi connectivity index (χ1) is 13.5. The first-order valence-corrected chi connectivity index (χ1v) is 9.78. The maximum atomic E-state index is 14.1. The molecule has 28 heavy (non-hydrogen) atoms. The van der Waals surface area contributed by atoms with Gasteiger partial charge in [-0.15, -0.1) is 10.2 Å². The molecular weight excluding hydrogens is 381 g/mol. The highest BCUT2D eigenvalue weighted by molar-refractivity contribution is 7.14. The van der Waals surface area contributed by atoms with E-state index in [1.807, 2.05) is 13.0 Å². The number of urea groups is 1. The lowest BCUT2D eigenvalue weighted by molar-refractivity contribution is 0.126. The molecule has 0 radical (unpaired) electrons. The van der Waals surface area contributed by atoms with E-state index in [0.717, 1.165) is 21.0 Å². The molecule has 3 aromatic heterocycles. The summed E-state index contributed by atoms with van der Waals surface area (Å²) in [4.78, 5) is 22.6. The van der Waals surface area contributed by atoms with Gasteiger partial charge in [0.2, 0.25) is 0 Å². The van der Waals surface area contributed by atoms with Gasteiger partial charge >= 0.3 is 6.03 Å². The highest BCUT2D eigenvalue weighted by Crippen LogP contribution is 2.26. The number of rotatable bonds is 3. The van der Waals surface area contributed by atoms with Crippen molar-refractivity contribution in [1.29, 1.82) is 0 Å². The second kappa shape index (κ2) is 7.72. The Kier molecular flexibility index (Phi) is 5.14. The number of pyridine rings is 2. The van der Waals surface area contributed by atoms with Crippen LogP contribution in [0.3, 0.4) is 0 Å². The number of hydrogen-bond acceptors (Lipinski definition) is 7. The number of amides is 2. The number of piperidine rings is 1. The van der Waals surface area contributed by atoms with Gasteiger partial charge in [0.25, 0.3) is 0 Å². The number of anilines is 1. The maximum absolute atomic E-state index is 14.1. The fourth-order valence-corrected chi connectivity index (χ4v) is 3.91. The second-order valence-corrected chi connectivity index (χ2v) is 7.87. The predicted octanol–water partition coefficient (Wildman–Crippen LogP) is 2.62. The van der Waals surface area contributed by atoms with E-state index in [1.165, 1.54) is 16.2 Å². The molecule has 0 unspecified atom stereocenters. The molecule has 1 aliphatic rings. The molecule has 0 bridgehead atoms. The van der Waals surface area contributed by atoms with E-state index in [9.17, 15) is 9.18 Å². The number of likely N-dealkylation sites (tertiary alicyclic amines) is 1. The molecule has 4 heterocycles. The Labute approximate surface area is 165 Å². The van der Waals surface area contributed by atoms with Crippen molar-refractivity contribution in [2.24, 2.45) is 0 Å². The Bertz CT molecular complexity index is 1010. The fraction of sp³-hybridized carbons (Fsp3) is 0.389. The van der Waals surface area contributed by atoms with Crippen molar-refractivity contribution in [3.05, 3.63) is 29.5 Å². The monoisotopic (exact) mass is 401 g/mol. The average Bonchev–Trinajstić information content (AvgIpc) is 3.13. The van der Waals surface area contributed by atoms with Crippen LogP contribution >= 0.6 is 11.3 Å². The first-order valence-electron chi connectivity index (χ1n) is 8.97. The fourth-order valence-electron chi connectivity index (χ4n) is 3.23. The molecule has 0 spiro atoms. The zero-order valence-electron chi connectivity index (χ0n) is 15.5. The SMILES string of the molecule is CN[C@H]1CCN(C(=O)Nc2cc3cc(-c4nnc(C)s4)cnc3cn2)C[C@@H]1F. The van der Waals surface area contributed by atoms with Gasteiger partial charge in [-0.25, -0.2) is 14.2 Å². The molecule has 2 amide bonds. The zero-order chi connectivity index (χ0) is 19.7. The molecule has 4 rings (SSSR count). The summed E-state index contributed by atoms with van der Waals surface area (Å²) in [6, 6.07) is 3.13. The number of halogens is 1. The summed E-state index contributed by atoms with van der Waals surface area (Å²) in [5.41, 5.74) is 1.57. The molecular formula is C18H20FN7OS. The first kappa shape index (κ1) is 18.6. The number of carbonyl (C=O) groups excluding carboxylic acids is 1. The van der Waals surface area contributed by atoms with Crippen molar-refractivity contribution in [2.75, 3.05) is 25.5 Å². The molecule has 8 nitrogen and oxygen atoms in total. The van der Waals surface area contributed by atoms with Crippen molar-refractivity contribution in [2.45, 2.75) is 25.6 Å². The van der Waals surface area contributed by atoms with Crippen LogP contribution in [0.2, 0.25) is 0 Å². The summed E-state index contributed by atoms with van der Waals surface area (Å²) < 4.78 is 14.1. The topological polar surface area (TPSA) is 95.9 Å². The van der Waals surface area contributed by atoms with Crippen molar-refractivity contribution in [3.63, 3.8) is 0 Å². The number of hydrogen-bond donors (Lipinski definition) is 2. The van der Waals surface area contributed by atoms with Gasteiger partial charge in [0, 0.05) is 29.7 Å². The smallest absolute Gasteiger partial charge is 0.321 e. The van der Waals surface area contributed by atoms with Gasteiger partial charge in [0.1, 0.15) is 22.0 Å². The number of aryl methyl sites for hydroxylation is 1. The molecule has 1 aliphatic heterocycles. The minimum absolute atomic E-state index is 0.0625. The number of nitrogens with zero attached hydrogens (tertiary/aromatic N) is 5. The van der Waals surface area contributed by atoms with E-state index in [2.05, 4.69) is 30.8 Å². The van der Waals surface area contributed by atoms with Crippen molar-refractivity contribution in [3.8, 4) is 10.6 Å². The summed E-state index contributed by atoms with van der Waals surface area (Å²) in [6.45, 7) is 2.45. The minimum atomic E-state index is -1.09. The minimum Gasteiger partial charge on any atom is -0.321 e. The largest absolute Gasteiger partial charge is 0.323 e. The molecule has 146 valence electrons. The van der Waals surface area contributed by atoms with E-state index < -0.39 is 6.17 Å². The standard InChI is InChI=1S/C18H20FN7OS/c1-10-24-25-17(28-10)12-5-11-6-16(22-8-15(11)21-7-12)23-18(27)26-4-3-14(20-2)13(19)9-26/h5-8,13-14,20H,3-4,9H2,1-2H3,(H,22,23,27)/t13-,14-/m0/s1. The maximum Gasteiger partial charge on any atom is 0.323 e. The third-order valence-electron chi connectivity index (χ3n) is 4.78. The van der Waals surface area contributed by atoms with Crippen LogP contribution in [0, 0.1) is 6.92 Å². The summed E-state index contributed by atoms with van der Waals surface area (Å²) in [5, 5.41) is 16.4. The highest BCUT2D eigenvalue weighted by atomic mass is 32.1. The average molecular weight is 401 g/mol. The summed E-state index contributed by atoms with van der Waals surface area (Å²) >= 11 is 1.49. The summed E-state index contributed by atoms with van der Waals surface area (Å²) in [6.07, 6.45) is 2.82. The van der Waals surface area contributed by atoms with Crippen molar-refractivity contribution >= 4 is 34.1 Å². The highest BCUT2D eigenvalue weighted by Gasteiger charge is 2.30. The van der Waals surface area contributed by atoms with E-state index in [-0.39, 0.29) is 18.6 Å². The van der Waals surface area contributed by atoms with E-state index >= 15 is 0 Å². The third kappa shape index (κ3) is 3.78. The third-order valence-corrected chi connectivity index (χ3v) is 5.66. The number of alkyl halides is 1. The van der Waals surface area contributed by atoms with Gasteiger partial charge in [-0.1, -0.05) is 11.3 Å². The van der Waals surface area contributed by atoms with Crippen LogP contribution in [-0.4, -0.2) is 63.4 Å². The van der Waals surface area contributed by atoms with E-state index in [0.29, 0.717) is 24.3 Å². The summed E-state index contributed by atoms with van der Waals surface area (Å²) in [7, 11) is 1.73. The van der Waals surface area contributed by atoms with Gasteiger partial charge in [-0.3, -0.25) is 10.3 Å². The van der Waals surface area contributed by atoms with Gasteiger partial charge in [-0.2, -0.15) is 0 Å². The molecule has 0 saturated carbocycles. The van der Waals surface area contributed by atoms with Gasteiger partial charge < -0.3 is 10.2 Å². The van der Waals surface area contributed by atoms with Gasteiger partial charge in [-0.05, 0) is 32.5 Å². The Morgan fingerprint density at radius 2 is 2.14 bits per heavy atom. The van der Waals surface area contributed by atoms with Crippen molar-refractivity contribution in [1.82, 2.24) is 30.4 Å². The predicted molar refractivity (Wildman–Crippen MR) is 106 cm³/mol. The zero-order valence-corrected chi connectivity index (χ0v) is 16.3. The van der Waals surface area contributed by atoms with Crippen LogP contribution in [0.15, 0.2) is 24.5 Å². The normalized spacial score (nSPS) is 19.8.